The van der Waals surface area contributed by atoms with Crippen LogP contribution in [-0.4, -0.2) is 23.1 Å². The highest BCUT2D eigenvalue weighted by molar-refractivity contribution is 5.58. The van der Waals surface area contributed by atoms with Gasteiger partial charge in [0.15, 0.2) is 0 Å². The molecule has 0 amide bonds. The van der Waals surface area contributed by atoms with Gasteiger partial charge in [-0.15, -0.1) is 0 Å². The largest absolute Gasteiger partial charge is 0.356 e. The topological polar surface area (TPSA) is 67.1 Å². The van der Waals surface area contributed by atoms with Crippen LogP contribution in [0.5, 0.6) is 0 Å². The summed E-state index contributed by atoms with van der Waals surface area (Å²) in [5, 5.41) is 0. The molecule has 0 atom stereocenters. The van der Waals surface area contributed by atoms with Crippen molar-refractivity contribution >= 4 is 11.6 Å². The van der Waals surface area contributed by atoms with Crippen molar-refractivity contribution < 1.29 is 0 Å². The van der Waals surface area contributed by atoms with Crippen LogP contribution in [0.15, 0.2) is 6.33 Å². The molecular formula is C15H29N5. The van der Waals surface area contributed by atoms with Crippen LogP contribution in [0.3, 0.4) is 0 Å². The molecule has 0 unspecified atom stereocenters. The smallest absolute Gasteiger partial charge is 0.148 e. The number of hydrazine groups is 1. The van der Waals surface area contributed by atoms with E-state index in [9.17, 15) is 0 Å². The predicted molar refractivity (Wildman–Crippen MR) is 85.9 cm³/mol. The first kappa shape index (κ1) is 16.7. The summed E-state index contributed by atoms with van der Waals surface area (Å²) in [6.07, 6.45) is 8.37. The predicted octanol–water partition coefficient (Wildman–Crippen LogP) is 3.12. The Morgan fingerprint density at radius 2 is 1.70 bits per heavy atom. The van der Waals surface area contributed by atoms with Crippen molar-refractivity contribution in [2.75, 3.05) is 23.4 Å². The molecule has 0 radical (unpaired) electrons. The first-order valence-electron chi connectivity index (χ1n) is 7.83. The molecule has 114 valence electrons. The summed E-state index contributed by atoms with van der Waals surface area (Å²) < 4.78 is 0. The third-order valence-corrected chi connectivity index (χ3v) is 3.42. The van der Waals surface area contributed by atoms with Gasteiger partial charge in [0.05, 0.1) is 0 Å². The number of unbranched alkanes of at least 4 members (excludes halogenated alkanes) is 2. The van der Waals surface area contributed by atoms with Crippen LogP contribution < -0.4 is 16.2 Å². The Morgan fingerprint density at radius 3 is 2.20 bits per heavy atom. The van der Waals surface area contributed by atoms with Crippen LogP contribution >= 0.6 is 0 Å². The molecular weight excluding hydrogens is 250 g/mol. The van der Waals surface area contributed by atoms with E-state index in [2.05, 4.69) is 41.1 Å². The van der Waals surface area contributed by atoms with Crippen molar-refractivity contribution in [3.8, 4) is 0 Å². The van der Waals surface area contributed by atoms with Gasteiger partial charge < -0.3 is 10.3 Å². The SMILES string of the molecule is CCCCN(CCCC)c1ncnc(NN)c1CCC. The Balaban J connectivity index is 3.02. The minimum absolute atomic E-state index is 0.759. The molecule has 5 nitrogen and oxygen atoms in total. The van der Waals surface area contributed by atoms with E-state index in [-0.39, 0.29) is 0 Å². The van der Waals surface area contributed by atoms with Crippen molar-refractivity contribution in [2.24, 2.45) is 5.84 Å². The van der Waals surface area contributed by atoms with Crippen LogP contribution in [0.4, 0.5) is 11.6 Å². The van der Waals surface area contributed by atoms with Gasteiger partial charge in [0.2, 0.25) is 0 Å². The minimum Gasteiger partial charge on any atom is -0.356 e. The highest BCUT2D eigenvalue weighted by atomic mass is 15.3. The molecule has 1 aromatic heterocycles. The van der Waals surface area contributed by atoms with Gasteiger partial charge in [-0.05, 0) is 19.3 Å². The molecule has 1 rings (SSSR count). The maximum Gasteiger partial charge on any atom is 0.148 e. The Bertz CT molecular complexity index is 373. The Morgan fingerprint density at radius 1 is 1.05 bits per heavy atom. The number of rotatable bonds is 10. The standard InChI is InChI=1S/C15H29N5/c1-4-7-10-20(11-8-5-2)15-13(9-6-3)14(19-16)17-12-18-15/h12H,4-11,16H2,1-3H3,(H,17,18,19). The van der Waals surface area contributed by atoms with Crippen molar-refractivity contribution in [3.63, 3.8) is 0 Å². The van der Waals surface area contributed by atoms with Gasteiger partial charge in [0, 0.05) is 18.7 Å². The van der Waals surface area contributed by atoms with Crippen molar-refractivity contribution in [2.45, 2.75) is 59.3 Å². The molecule has 20 heavy (non-hydrogen) atoms. The summed E-state index contributed by atoms with van der Waals surface area (Å²) in [5.74, 6) is 7.40. The summed E-state index contributed by atoms with van der Waals surface area (Å²) in [6, 6.07) is 0. The number of nitrogen functional groups attached to an aromatic ring is 1. The van der Waals surface area contributed by atoms with E-state index in [0.717, 1.165) is 43.1 Å². The minimum atomic E-state index is 0.759. The Hall–Kier alpha value is -1.36. The van der Waals surface area contributed by atoms with Crippen LogP contribution in [-0.2, 0) is 6.42 Å². The fourth-order valence-corrected chi connectivity index (χ4v) is 2.30. The van der Waals surface area contributed by atoms with Gasteiger partial charge in [-0.3, -0.25) is 0 Å². The molecule has 0 saturated heterocycles. The molecule has 0 bridgehead atoms. The van der Waals surface area contributed by atoms with E-state index in [4.69, 9.17) is 5.84 Å². The van der Waals surface area contributed by atoms with Crippen molar-refractivity contribution in [1.29, 1.82) is 0 Å². The normalized spacial score (nSPS) is 10.6. The highest BCUT2D eigenvalue weighted by Gasteiger charge is 2.15. The van der Waals surface area contributed by atoms with Crippen molar-refractivity contribution in [1.82, 2.24) is 9.97 Å². The molecule has 0 aliphatic carbocycles. The third-order valence-electron chi connectivity index (χ3n) is 3.42. The van der Waals surface area contributed by atoms with Crippen LogP contribution in [0, 0.1) is 0 Å². The molecule has 0 saturated carbocycles. The van der Waals surface area contributed by atoms with E-state index in [0.29, 0.717) is 0 Å². The van der Waals surface area contributed by atoms with E-state index in [1.165, 1.54) is 25.7 Å². The van der Waals surface area contributed by atoms with E-state index in [1.54, 1.807) is 6.33 Å². The molecule has 3 N–H and O–H groups in total. The molecule has 0 spiro atoms. The number of anilines is 2. The molecule has 1 heterocycles. The van der Waals surface area contributed by atoms with Gasteiger partial charge in [-0.2, -0.15) is 0 Å². The van der Waals surface area contributed by atoms with Gasteiger partial charge in [0.1, 0.15) is 18.0 Å². The monoisotopic (exact) mass is 279 g/mol. The molecule has 0 aromatic carbocycles. The summed E-state index contributed by atoms with van der Waals surface area (Å²) in [5.41, 5.74) is 3.85. The van der Waals surface area contributed by atoms with E-state index in [1.807, 2.05) is 0 Å². The lowest BCUT2D eigenvalue weighted by Crippen LogP contribution is -2.28. The van der Waals surface area contributed by atoms with Gasteiger partial charge >= 0.3 is 0 Å². The summed E-state index contributed by atoms with van der Waals surface area (Å²) >= 11 is 0. The molecule has 1 aromatic rings. The highest BCUT2D eigenvalue weighted by Crippen LogP contribution is 2.25. The Kier molecular flexibility index (Phi) is 7.95. The lowest BCUT2D eigenvalue weighted by molar-refractivity contribution is 0.666. The zero-order chi connectivity index (χ0) is 14.8. The number of aromatic nitrogens is 2. The number of nitrogens with one attached hydrogen (secondary N) is 1. The second kappa shape index (κ2) is 9.53. The second-order valence-corrected chi connectivity index (χ2v) is 5.11. The maximum atomic E-state index is 5.59. The average Bonchev–Trinajstić information content (AvgIpc) is 2.48. The van der Waals surface area contributed by atoms with Crippen LogP contribution in [0.25, 0.3) is 0 Å². The second-order valence-electron chi connectivity index (χ2n) is 5.11. The fraction of sp³-hybridized carbons (Fsp3) is 0.733. The number of nitrogens with zero attached hydrogens (tertiary/aromatic N) is 3. The quantitative estimate of drug-likeness (QED) is 0.509. The average molecular weight is 279 g/mol. The number of nitrogens with two attached hydrogens (primary N) is 1. The molecule has 0 fully saturated rings. The summed E-state index contributed by atoms with van der Waals surface area (Å²) in [7, 11) is 0. The zero-order valence-electron chi connectivity index (χ0n) is 13.2. The van der Waals surface area contributed by atoms with Gasteiger partial charge in [-0.25, -0.2) is 15.8 Å². The van der Waals surface area contributed by atoms with E-state index >= 15 is 0 Å². The summed E-state index contributed by atoms with van der Waals surface area (Å²) in [4.78, 5) is 11.2. The van der Waals surface area contributed by atoms with Crippen LogP contribution in [0.1, 0.15) is 58.4 Å². The van der Waals surface area contributed by atoms with Gasteiger partial charge in [0.25, 0.3) is 0 Å². The first-order valence-corrected chi connectivity index (χ1v) is 7.83. The molecule has 0 aliphatic rings. The third kappa shape index (κ3) is 4.63. The number of hydrogen-bond acceptors (Lipinski definition) is 5. The lowest BCUT2D eigenvalue weighted by atomic mass is 10.1. The van der Waals surface area contributed by atoms with Gasteiger partial charge in [-0.1, -0.05) is 40.0 Å². The first-order chi connectivity index (χ1) is 9.78. The Labute approximate surface area is 123 Å². The maximum absolute atomic E-state index is 5.59. The van der Waals surface area contributed by atoms with E-state index < -0.39 is 0 Å². The zero-order valence-corrected chi connectivity index (χ0v) is 13.2. The molecule has 5 heteroatoms. The number of hydrogen-bond donors (Lipinski definition) is 2. The van der Waals surface area contributed by atoms with Crippen LogP contribution in [0.2, 0.25) is 0 Å². The fourth-order valence-electron chi connectivity index (χ4n) is 2.30. The summed E-state index contributed by atoms with van der Waals surface area (Å²) in [6.45, 7) is 8.71. The molecule has 0 aliphatic heterocycles. The van der Waals surface area contributed by atoms with Crippen molar-refractivity contribution in [3.05, 3.63) is 11.9 Å². The lowest BCUT2D eigenvalue weighted by Gasteiger charge is -2.26.